The van der Waals surface area contributed by atoms with Crippen molar-refractivity contribution in [3.8, 4) is 0 Å². The predicted molar refractivity (Wildman–Crippen MR) is 130 cm³/mol. The summed E-state index contributed by atoms with van der Waals surface area (Å²) in [5.74, 6) is 3.04. The van der Waals surface area contributed by atoms with Gasteiger partial charge in [-0.2, -0.15) is 0 Å². The number of hydrogen-bond donors (Lipinski definition) is 1. The Morgan fingerprint density at radius 3 is 2.44 bits per heavy atom. The first-order chi connectivity index (χ1) is 15.3. The molecule has 0 aromatic heterocycles. The number of carbonyl (C=O) groups excluding carboxylic acids is 2. The number of nitrogens with one attached hydrogen (secondary N) is 1. The highest BCUT2D eigenvalue weighted by molar-refractivity contribution is 5.80. The number of carbonyl (C=O) groups is 2. The predicted octanol–water partition coefficient (Wildman–Crippen LogP) is 5.94. The molecule has 4 aliphatic rings. The third-order valence-corrected chi connectivity index (χ3v) is 10.7. The normalized spacial score (nSPS) is 41.1. The molecular formula is C28H48N2O2. The largest absolute Gasteiger partial charge is 0.356 e. The first-order valence-electron chi connectivity index (χ1n) is 13.9. The van der Waals surface area contributed by atoms with Gasteiger partial charge in [-0.3, -0.25) is 9.59 Å². The van der Waals surface area contributed by atoms with Gasteiger partial charge in [0.2, 0.25) is 11.8 Å². The summed E-state index contributed by atoms with van der Waals surface area (Å²) in [7, 11) is 2.04. The van der Waals surface area contributed by atoms with Gasteiger partial charge in [0.05, 0.1) is 0 Å². The van der Waals surface area contributed by atoms with Crippen molar-refractivity contribution in [3.63, 3.8) is 0 Å². The molecule has 182 valence electrons. The highest BCUT2D eigenvalue weighted by Crippen LogP contribution is 2.66. The molecule has 2 amide bonds. The van der Waals surface area contributed by atoms with E-state index in [0.717, 1.165) is 50.5 Å². The molecule has 32 heavy (non-hydrogen) atoms. The molecule has 0 aromatic carbocycles. The standard InChI is InChI=1S/C28H48N2O2/c1-5-6-7-8-9-10-19-29-26(32)23-13-12-21-20-11-14-24-28(3,18-16-25(31)30(24)4)22(20)15-17-27(21,23)2/h20-24H,5-19H2,1-4H3,(H,29,32)/t20-,21-,22-,23+,24+,27-,28+/m0/s1. The molecular weight excluding hydrogens is 396 g/mol. The van der Waals surface area contributed by atoms with E-state index < -0.39 is 0 Å². The lowest BCUT2D eigenvalue weighted by atomic mass is 9.47. The van der Waals surface area contributed by atoms with E-state index in [2.05, 4.69) is 31.0 Å². The van der Waals surface area contributed by atoms with Crippen LogP contribution >= 0.6 is 0 Å². The first-order valence-corrected chi connectivity index (χ1v) is 13.9. The summed E-state index contributed by atoms with van der Waals surface area (Å²) in [5.41, 5.74) is 0.441. The van der Waals surface area contributed by atoms with E-state index in [9.17, 15) is 9.59 Å². The van der Waals surface area contributed by atoms with Crippen LogP contribution in [0, 0.1) is 34.5 Å². The minimum absolute atomic E-state index is 0.173. The molecule has 0 spiro atoms. The molecule has 7 atom stereocenters. The summed E-state index contributed by atoms with van der Waals surface area (Å²) < 4.78 is 0. The SMILES string of the molecule is CCCCCCCCNC(=O)[C@H]1CC[C@H]2[C@@H]3CC[C@H]4N(C)C(=O)CC[C@]4(C)[C@H]3CC[C@]12C. The molecule has 1 N–H and O–H groups in total. The minimum Gasteiger partial charge on any atom is -0.356 e. The molecule has 4 nitrogen and oxygen atoms in total. The first kappa shape index (κ1) is 24.1. The van der Waals surface area contributed by atoms with Gasteiger partial charge in [-0.05, 0) is 80.0 Å². The average Bonchev–Trinajstić information content (AvgIpc) is 3.13. The van der Waals surface area contributed by atoms with Gasteiger partial charge in [-0.15, -0.1) is 0 Å². The van der Waals surface area contributed by atoms with Crippen LogP contribution in [0.2, 0.25) is 0 Å². The number of likely N-dealkylation sites (tertiary alicyclic amines) is 1. The van der Waals surface area contributed by atoms with Crippen LogP contribution in [0.25, 0.3) is 0 Å². The van der Waals surface area contributed by atoms with Gasteiger partial charge in [0.1, 0.15) is 0 Å². The molecule has 4 heteroatoms. The number of unbranched alkanes of at least 4 members (excludes halogenated alkanes) is 5. The Hall–Kier alpha value is -1.06. The zero-order valence-electron chi connectivity index (χ0n) is 21.3. The Balaban J connectivity index is 1.36. The Morgan fingerprint density at radius 1 is 0.938 bits per heavy atom. The molecule has 4 rings (SSSR count). The Kier molecular flexibility index (Phi) is 7.27. The van der Waals surface area contributed by atoms with E-state index in [1.165, 1.54) is 57.8 Å². The number of fused-ring (bicyclic) bond motifs is 5. The van der Waals surface area contributed by atoms with Gasteiger partial charge in [0.25, 0.3) is 0 Å². The smallest absolute Gasteiger partial charge is 0.223 e. The second-order valence-electron chi connectivity index (χ2n) is 12.2. The van der Waals surface area contributed by atoms with E-state index in [1.807, 2.05) is 7.05 Å². The summed E-state index contributed by atoms with van der Waals surface area (Å²) in [4.78, 5) is 27.7. The zero-order valence-corrected chi connectivity index (χ0v) is 21.3. The van der Waals surface area contributed by atoms with Crippen molar-refractivity contribution in [2.45, 2.75) is 117 Å². The van der Waals surface area contributed by atoms with Crippen molar-refractivity contribution in [2.24, 2.45) is 34.5 Å². The van der Waals surface area contributed by atoms with Crippen LogP contribution in [0.3, 0.4) is 0 Å². The summed E-state index contributed by atoms with van der Waals surface area (Å²) in [6.07, 6.45) is 16.5. The van der Waals surface area contributed by atoms with Crippen molar-refractivity contribution in [1.82, 2.24) is 10.2 Å². The molecule has 0 bridgehead atoms. The van der Waals surface area contributed by atoms with Crippen LogP contribution in [0.5, 0.6) is 0 Å². The van der Waals surface area contributed by atoms with E-state index in [4.69, 9.17) is 0 Å². The molecule has 4 fully saturated rings. The van der Waals surface area contributed by atoms with Gasteiger partial charge in [-0.25, -0.2) is 0 Å². The summed E-state index contributed by atoms with van der Waals surface area (Å²) in [5, 5.41) is 3.33. The quantitative estimate of drug-likeness (QED) is 0.471. The summed E-state index contributed by atoms with van der Waals surface area (Å²) >= 11 is 0. The van der Waals surface area contributed by atoms with Crippen LogP contribution < -0.4 is 5.32 Å². The average molecular weight is 445 g/mol. The van der Waals surface area contributed by atoms with Crippen LogP contribution in [0.15, 0.2) is 0 Å². The Morgan fingerprint density at radius 2 is 1.66 bits per heavy atom. The van der Waals surface area contributed by atoms with E-state index in [1.54, 1.807) is 0 Å². The molecule has 1 aliphatic heterocycles. The summed E-state index contributed by atoms with van der Waals surface area (Å²) in [6.45, 7) is 8.04. The van der Waals surface area contributed by atoms with Gasteiger partial charge < -0.3 is 10.2 Å². The van der Waals surface area contributed by atoms with Crippen molar-refractivity contribution in [1.29, 1.82) is 0 Å². The maximum Gasteiger partial charge on any atom is 0.223 e. The van der Waals surface area contributed by atoms with Gasteiger partial charge in [0, 0.05) is 32.0 Å². The lowest BCUT2D eigenvalue weighted by Crippen LogP contribution is -2.61. The maximum atomic E-state index is 13.2. The van der Waals surface area contributed by atoms with E-state index in [0.29, 0.717) is 23.8 Å². The van der Waals surface area contributed by atoms with Crippen LogP contribution in [0.4, 0.5) is 0 Å². The van der Waals surface area contributed by atoms with Crippen molar-refractivity contribution in [3.05, 3.63) is 0 Å². The van der Waals surface area contributed by atoms with Crippen molar-refractivity contribution < 1.29 is 9.59 Å². The fourth-order valence-electron chi connectivity index (χ4n) is 8.82. The minimum atomic E-state index is 0.173. The van der Waals surface area contributed by atoms with Crippen molar-refractivity contribution >= 4 is 11.8 Å². The van der Waals surface area contributed by atoms with Gasteiger partial charge >= 0.3 is 0 Å². The number of amides is 2. The van der Waals surface area contributed by atoms with E-state index >= 15 is 0 Å². The molecule has 3 aliphatic carbocycles. The van der Waals surface area contributed by atoms with Crippen LogP contribution in [-0.2, 0) is 9.59 Å². The number of piperidine rings is 1. The third kappa shape index (κ3) is 4.13. The number of rotatable bonds is 8. The third-order valence-electron chi connectivity index (χ3n) is 10.7. The summed E-state index contributed by atoms with van der Waals surface area (Å²) in [6, 6.07) is 0.423. The zero-order chi connectivity index (χ0) is 22.9. The fourth-order valence-corrected chi connectivity index (χ4v) is 8.82. The van der Waals surface area contributed by atoms with Crippen LogP contribution in [0.1, 0.15) is 111 Å². The molecule has 1 saturated heterocycles. The number of nitrogens with zero attached hydrogens (tertiary/aromatic N) is 1. The second-order valence-corrected chi connectivity index (χ2v) is 12.2. The molecule has 0 unspecified atom stereocenters. The lowest BCUT2D eigenvalue weighted by Gasteiger charge is -2.61. The molecule has 3 saturated carbocycles. The van der Waals surface area contributed by atoms with Crippen molar-refractivity contribution in [2.75, 3.05) is 13.6 Å². The maximum absolute atomic E-state index is 13.2. The Labute approximate surface area is 196 Å². The topological polar surface area (TPSA) is 49.4 Å². The van der Waals surface area contributed by atoms with E-state index in [-0.39, 0.29) is 16.7 Å². The van der Waals surface area contributed by atoms with Gasteiger partial charge in [0.15, 0.2) is 0 Å². The van der Waals surface area contributed by atoms with Crippen LogP contribution in [-0.4, -0.2) is 36.3 Å². The molecule has 1 heterocycles. The molecule has 0 aromatic rings. The second kappa shape index (κ2) is 9.66. The van der Waals surface area contributed by atoms with Gasteiger partial charge in [-0.1, -0.05) is 52.9 Å². The fraction of sp³-hybridized carbons (Fsp3) is 0.929. The number of hydrogen-bond acceptors (Lipinski definition) is 2. The monoisotopic (exact) mass is 444 g/mol. The highest BCUT2D eigenvalue weighted by Gasteiger charge is 2.62. The highest BCUT2D eigenvalue weighted by atomic mass is 16.2. The lowest BCUT2D eigenvalue weighted by molar-refractivity contribution is -0.159. The molecule has 0 radical (unpaired) electrons. The Bertz CT molecular complexity index is 693.